The molecule has 0 fully saturated rings. The second-order valence-corrected chi connectivity index (χ2v) is 4.26. The van der Waals surface area contributed by atoms with Crippen LogP contribution in [-0.2, 0) is 6.18 Å². The fraction of sp³-hybridized carbons (Fsp3) is 0.0833. The van der Waals surface area contributed by atoms with Crippen LogP contribution in [0.25, 0.3) is 16.7 Å². The highest BCUT2D eigenvalue weighted by Crippen LogP contribution is 2.36. The Morgan fingerprint density at radius 2 is 2.10 bits per heavy atom. The number of hydrogen-bond donors (Lipinski definition) is 2. The third kappa shape index (κ3) is 1.97. The van der Waals surface area contributed by atoms with Gasteiger partial charge in [0.2, 0.25) is 0 Å². The highest BCUT2D eigenvalue weighted by atomic mass is 19.4. The maximum absolute atomic E-state index is 13.0. The number of nitrogens with two attached hydrogens (primary N) is 1. The van der Waals surface area contributed by atoms with Gasteiger partial charge in [-0.3, -0.25) is 5.10 Å². The highest BCUT2D eigenvalue weighted by molar-refractivity contribution is 5.90. The van der Waals surface area contributed by atoms with Gasteiger partial charge in [0.1, 0.15) is 5.82 Å². The van der Waals surface area contributed by atoms with Crippen LogP contribution in [-0.4, -0.2) is 20.0 Å². The van der Waals surface area contributed by atoms with E-state index in [4.69, 9.17) is 11.0 Å². The summed E-state index contributed by atoms with van der Waals surface area (Å²) >= 11 is 0. The van der Waals surface area contributed by atoms with Gasteiger partial charge in [-0.15, -0.1) is 0 Å². The molecule has 0 unspecified atom stereocenters. The summed E-state index contributed by atoms with van der Waals surface area (Å²) in [6.45, 7) is 0. The van der Waals surface area contributed by atoms with Crippen LogP contribution in [0, 0.1) is 11.3 Å². The molecule has 0 atom stereocenters. The minimum Gasteiger partial charge on any atom is -0.383 e. The van der Waals surface area contributed by atoms with Crippen molar-refractivity contribution in [3.05, 3.63) is 35.5 Å². The van der Waals surface area contributed by atoms with Crippen molar-refractivity contribution in [2.24, 2.45) is 0 Å². The zero-order chi connectivity index (χ0) is 15.2. The number of hydrogen-bond acceptors (Lipinski definition) is 4. The lowest BCUT2D eigenvalue weighted by atomic mass is 10.2. The molecule has 0 saturated heterocycles. The Hall–Kier alpha value is -3.02. The van der Waals surface area contributed by atoms with Crippen LogP contribution >= 0.6 is 0 Å². The largest absolute Gasteiger partial charge is 0.436 e. The van der Waals surface area contributed by atoms with Crippen LogP contribution in [0.5, 0.6) is 0 Å². The highest BCUT2D eigenvalue weighted by Gasteiger charge is 2.39. The van der Waals surface area contributed by atoms with Gasteiger partial charge in [0.05, 0.1) is 22.7 Å². The Morgan fingerprint density at radius 1 is 1.33 bits per heavy atom. The maximum Gasteiger partial charge on any atom is 0.436 e. The molecular formula is C12H7F3N6. The molecule has 1 aromatic carbocycles. The van der Waals surface area contributed by atoms with E-state index >= 15 is 0 Å². The molecule has 0 radical (unpaired) electrons. The molecule has 6 nitrogen and oxygen atoms in total. The fourth-order valence-electron chi connectivity index (χ4n) is 2.02. The molecule has 0 spiro atoms. The van der Waals surface area contributed by atoms with Crippen LogP contribution in [0.4, 0.5) is 19.0 Å². The van der Waals surface area contributed by atoms with Crippen LogP contribution < -0.4 is 5.73 Å². The van der Waals surface area contributed by atoms with Gasteiger partial charge in [0.25, 0.3) is 0 Å². The number of rotatable bonds is 1. The molecule has 0 saturated carbocycles. The zero-order valence-electron chi connectivity index (χ0n) is 10.3. The monoisotopic (exact) mass is 292 g/mol. The van der Waals surface area contributed by atoms with E-state index in [9.17, 15) is 13.2 Å². The maximum atomic E-state index is 13.0. The Labute approximate surface area is 115 Å². The van der Waals surface area contributed by atoms with Gasteiger partial charge in [0, 0.05) is 0 Å². The molecule has 0 amide bonds. The number of nitriles is 1. The quantitative estimate of drug-likeness (QED) is 0.718. The normalized spacial score (nSPS) is 11.7. The number of aromatic amines is 1. The van der Waals surface area contributed by atoms with Gasteiger partial charge >= 0.3 is 6.18 Å². The van der Waals surface area contributed by atoms with Gasteiger partial charge in [-0.2, -0.15) is 28.6 Å². The number of anilines is 1. The van der Waals surface area contributed by atoms with Gasteiger partial charge in [-0.1, -0.05) is 6.07 Å². The number of alkyl halides is 3. The van der Waals surface area contributed by atoms with E-state index < -0.39 is 11.9 Å². The summed E-state index contributed by atoms with van der Waals surface area (Å²) in [6.07, 6.45) is -4.66. The minimum atomic E-state index is -4.66. The molecule has 2 aromatic heterocycles. The van der Waals surface area contributed by atoms with Crippen molar-refractivity contribution >= 4 is 16.9 Å². The van der Waals surface area contributed by atoms with Gasteiger partial charge in [-0.05, 0) is 18.2 Å². The Morgan fingerprint density at radius 3 is 2.76 bits per heavy atom. The number of halogens is 3. The van der Waals surface area contributed by atoms with Crippen LogP contribution in [0.2, 0.25) is 0 Å². The molecule has 0 aliphatic heterocycles. The Kier molecular flexibility index (Phi) is 2.62. The van der Waals surface area contributed by atoms with E-state index in [2.05, 4.69) is 15.3 Å². The summed E-state index contributed by atoms with van der Waals surface area (Å²) in [7, 11) is 0. The molecule has 3 rings (SSSR count). The molecule has 106 valence electrons. The summed E-state index contributed by atoms with van der Waals surface area (Å²) in [5.74, 6) is -0.208. The molecule has 9 heteroatoms. The van der Waals surface area contributed by atoms with E-state index in [1.807, 2.05) is 6.07 Å². The number of benzene rings is 1. The second kappa shape index (κ2) is 4.24. The van der Waals surface area contributed by atoms with Crippen LogP contribution in [0.15, 0.2) is 24.3 Å². The third-order valence-corrected chi connectivity index (χ3v) is 2.90. The molecule has 0 bridgehead atoms. The number of nitrogens with one attached hydrogen (secondary N) is 1. The second-order valence-electron chi connectivity index (χ2n) is 4.26. The van der Waals surface area contributed by atoms with Crippen molar-refractivity contribution in [2.45, 2.75) is 6.18 Å². The minimum absolute atomic E-state index is 0.0464. The number of fused-ring (bicyclic) bond motifs is 1. The topological polar surface area (TPSA) is 96.3 Å². The van der Waals surface area contributed by atoms with Gasteiger partial charge in [-0.25, -0.2) is 4.68 Å². The van der Waals surface area contributed by atoms with Crippen molar-refractivity contribution in [3.8, 4) is 11.8 Å². The van der Waals surface area contributed by atoms with Crippen LogP contribution in [0.1, 0.15) is 11.3 Å². The average Bonchev–Trinajstić information content (AvgIpc) is 2.99. The first kappa shape index (κ1) is 13.0. The molecule has 0 aliphatic rings. The first-order valence-corrected chi connectivity index (χ1v) is 5.72. The van der Waals surface area contributed by atoms with Crippen molar-refractivity contribution in [1.29, 1.82) is 5.26 Å². The van der Waals surface area contributed by atoms with E-state index in [0.29, 0.717) is 11.3 Å². The smallest absolute Gasteiger partial charge is 0.383 e. The van der Waals surface area contributed by atoms with E-state index in [1.54, 1.807) is 6.07 Å². The summed E-state index contributed by atoms with van der Waals surface area (Å²) in [5.41, 5.74) is 4.92. The Bertz CT molecular complexity index is 867. The average molecular weight is 292 g/mol. The number of nitrogens with zero attached hydrogens (tertiary/aromatic N) is 4. The summed E-state index contributed by atoms with van der Waals surface area (Å²) in [6, 6.07) is 7.93. The zero-order valence-corrected chi connectivity index (χ0v) is 10.3. The van der Waals surface area contributed by atoms with Crippen molar-refractivity contribution < 1.29 is 13.2 Å². The summed E-state index contributed by atoms with van der Waals surface area (Å²) in [5, 5.41) is 18.2. The molecule has 3 aromatic rings. The number of aromatic nitrogens is 4. The van der Waals surface area contributed by atoms with Gasteiger partial charge in [0.15, 0.2) is 11.3 Å². The standard InChI is InChI=1S/C12H7F3N6/c13-12(14,15)9-8-10(17)18-19-11(8)21(20-9)7-3-1-2-6(4-7)5-16/h1-4H,(H3,17,18,19). The van der Waals surface area contributed by atoms with E-state index in [0.717, 1.165) is 4.68 Å². The molecule has 21 heavy (non-hydrogen) atoms. The first-order valence-electron chi connectivity index (χ1n) is 5.72. The lowest BCUT2D eigenvalue weighted by Gasteiger charge is -2.03. The lowest BCUT2D eigenvalue weighted by molar-refractivity contribution is -0.140. The first-order chi connectivity index (χ1) is 9.91. The van der Waals surface area contributed by atoms with Crippen molar-refractivity contribution in [1.82, 2.24) is 20.0 Å². The SMILES string of the molecule is N#Cc1cccc(-n2nc(C(F)(F)F)c3c(N)[nH]nc32)c1. The Balaban J connectivity index is 2.31. The van der Waals surface area contributed by atoms with Crippen molar-refractivity contribution in [3.63, 3.8) is 0 Å². The summed E-state index contributed by atoms with van der Waals surface area (Å²) < 4.78 is 40.1. The fourth-order valence-corrected chi connectivity index (χ4v) is 2.02. The van der Waals surface area contributed by atoms with E-state index in [1.165, 1.54) is 18.2 Å². The third-order valence-electron chi connectivity index (χ3n) is 2.90. The van der Waals surface area contributed by atoms with Crippen LogP contribution in [0.3, 0.4) is 0 Å². The lowest BCUT2D eigenvalue weighted by Crippen LogP contribution is -2.08. The van der Waals surface area contributed by atoms with Crippen molar-refractivity contribution in [2.75, 3.05) is 5.73 Å². The molecule has 0 aliphatic carbocycles. The van der Waals surface area contributed by atoms with Gasteiger partial charge < -0.3 is 5.73 Å². The van der Waals surface area contributed by atoms with E-state index in [-0.39, 0.29) is 16.9 Å². The number of H-pyrrole nitrogens is 1. The molecular weight excluding hydrogens is 285 g/mol. The predicted molar refractivity (Wildman–Crippen MR) is 67.3 cm³/mol. The molecule has 3 N–H and O–H groups in total. The summed E-state index contributed by atoms with van der Waals surface area (Å²) in [4.78, 5) is 0. The number of nitrogen functional groups attached to an aromatic ring is 1. The predicted octanol–water partition coefficient (Wildman–Crippen LogP) is 2.22. The molecule has 2 heterocycles.